The average Bonchev–Trinajstić information content (AvgIpc) is 2.76. The van der Waals surface area contributed by atoms with Crippen molar-refractivity contribution in [2.24, 2.45) is 0 Å². The average molecular weight is 351 g/mol. The van der Waals surface area contributed by atoms with Gasteiger partial charge in [-0.2, -0.15) is 5.26 Å². The Morgan fingerprint density at radius 3 is 2.62 bits per heavy atom. The number of hydrogen-bond donors (Lipinski definition) is 0. The monoisotopic (exact) mass is 351 g/mol. The minimum atomic E-state index is -0.174. The van der Waals surface area contributed by atoms with Crippen LogP contribution in [0.15, 0.2) is 42.5 Å². The largest absolute Gasteiger partial charge is 0.309 e. The molecular weight excluding hydrogens is 325 g/mol. The van der Waals surface area contributed by atoms with Crippen LogP contribution in [0.5, 0.6) is 0 Å². The summed E-state index contributed by atoms with van der Waals surface area (Å²) in [5, 5.41) is 9.40. The third-order valence-corrected chi connectivity index (χ3v) is 5.35. The van der Waals surface area contributed by atoms with Crippen molar-refractivity contribution in [1.82, 2.24) is 9.80 Å². The van der Waals surface area contributed by atoms with Crippen molar-refractivity contribution < 1.29 is 4.39 Å². The summed E-state index contributed by atoms with van der Waals surface area (Å²) < 4.78 is 13.8. The maximum Gasteiger partial charge on any atom is 0.179 e. The fourth-order valence-corrected chi connectivity index (χ4v) is 4.03. The van der Waals surface area contributed by atoms with E-state index in [1.54, 1.807) is 17.0 Å². The van der Waals surface area contributed by atoms with Crippen LogP contribution < -0.4 is 0 Å². The summed E-state index contributed by atoms with van der Waals surface area (Å²) in [6.45, 7) is 0.818. The Labute approximate surface area is 155 Å². The SMILES string of the molecule is CN(C)C[C@@H](C[C@H]1Cc2cc(F)ccc2Cc2ccccc21)N(C)C#N. The third kappa shape index (κ3) is 4.05. The van der Waals surface area contributed by atoms with Crippen molar-refractivity contribution in [2.45, 2.75) is 31.2 Å². The van der Waals surface area contributed by atoms with E-state index in [4.69, 9.17) is 0 Å². The summed E-state index contributed by atoms with van der Waals surface area (Å²) in [7, 11) is 5.91. The van der Waals surface area contributed by atoms with Crippen molar-refractivity contribution in [2.75, 3.05) is 27.7 Å². The summed E-state index contributed by atoms with van der Waals surface area (Å²) in [4.78, 5) is 3.87. The summed E-state index contributed by atoms with van der Waals surface area (Å²) in [6.07, 6.45) is 4.80. The molecule has 0 aromatic heterocycles. The molecule has 0 aliphatic heterocycles. The number of hydrogen-bond acceptors (Lipinski definition) is 3. The Hall–Kier alpha value is -2.38. The normalized spacial score (nSPS) is 17.0. The predicted octanol–water partition coefficient (Wildman–Crippen LogP) is 3.79. The van der Waals surface area contributed by atoms with Crippen LogP contribution in [0.25, 0.3) is 0 Å². The minimum Gasteiger partial charge on any atom is -0.309 e. The van der Waals surface area contributed by atoms with Gasteiger partial charge < -0.3 is 9.80 Å². The van der Waals surface area contributed by atoms with E-state index in [0.29, 0.717) is 0 Å². The molecule has 2 aromatic carbocycles. The van der Waals surface area contributed by atoms with Crippen molar-refractivity contribution in [1.29, 1.82) is 5.26 Å². The molecule has 0 amide bonds. The molecule has 0 spiro atoms. The molecule has 1 aliphatic rings. The number of nitrogens with zero attached hydrogens (tertiary/aromatic N) is 3. The van der Waals surface area contributed by atoms with E-state index in [9.17, 15) is 9.65 Å². The first-order chi connectivity index (χ1) is 12.5. The molecule has 2 atom stereocenters. The highest BCUT2D eigenvalue weighted by Gasteiger charge is 2.27. The highest BCUT2D eigenvalue weighted by atomic mass is 19.1. The van der Waals surface area contributed by atoms with Crippen LogP contribution in [0.2, 0.25) is 0 Å². The topological polar surface area (TPSA) is 30.3 Å². The number of benzene rings is 2. The van der Waals surface area contributed by atoms with Crippen LogP contribution in [0.3, 0.4) is 0 Å². The summed E-state index contributed by atoms with van der Waals surface area (Å²) in [6, 6.07) is 13.8. The molecular formula is C22H26FN3. The molecule has 4 heteroatoms. The second-order valence-corrected chi connectivity index (χ2v) is 7.55. The van der Waals surface area contributed by atoms with E-state index in [0.717, 1.165) is 31.4 Å². The highest BCUT2D eigenvalue weighted by molar-refractivity contribution is 5.42. The molecule has 0 fully saturated rings. The first-order valence-corrected chi connectivity index (χ1v) is 9.10. The predicted molar refractivity (Wildman–Crippen MR) is 102 cm³/mol. The van der Waals surface area contributed by atoms with Crippen molar-refractivity contribution >= 4 is 0 Å². The molecule has 0 unspecified atom stereocenters. The van der Waals surface area contributed by atoms with Crippen LogP contribution >= 0.6 is 0 Å². The summed E-state index contributed by atoms with van der Waals surface area (Å²) in [5.74, 6) is 0.0995. The third-order valence-electron chi connectivity index (χ3n) is 5.35. The number of likely N-dealkylation sites (N-methyl/N-ethyl adjacent to an activating group) is 2. The summed E-state index contributed by atoms with van der Waals surface area (Å²) in [5.41, 5.74) is 4.94. The van der Waals surface area contributed by atoms with Gasteiger partial charge in [0, 0.05) is 13.6 Å². The zero-order chi connectivity index (χ0) is 18.7. The Kier molecular flexibility index (Phi) is 5.58. The zero-order valence-electron chi connectivity index (χ0n) is 15.7. The lowest BCUT2D eigenvalue weighted by Crippen LogP contribution is -2.38. The first-order valence-electron chi connectivity index (χ1n) is 9.10. The quantitative estimate of drug-likeness (QED) is 0.606. The lowest BCUT2D eigenvalue weighted by molar-refractivity contribution is 0.235. The molecule has 0 saturated carbocycles. The van der Waals surface area contributed by atoms with Crippen LogP contribution in [0.4, 0.5) is 4.39 Å². The molecule has 2 aromatic rings. The van der Waals surface area contributed by atoms with Gasteiger partial charge in [-0.3, -0.25) is 0 Å². The van der Waals surface area contributed by atoms with Gasteiger partial charge in [-0.1, -0.05) is 30.3 Å². The number of rotatable bonds is 5. The van der Waals surface area contributed by atoms with E-state index in [1.165, 1.54) is 16.7 Å². The number of halogens is 1. The van der Waals surface area contributed by atoms with E-state index >= 15 is 0 Å². The van der Waals surface area contributed by atoms with Crippen molar-refractivity contribution in [3.63, 3.8) is 0 Å². The Balaban J connectivity index is 1.97. The molecule has 26 heavy (non-hydrogen) atoms. The molecule has 0 heterocycles. The molecule has 1 aliphatic carbocycles. The van der Waals surface area contributed by atoms with Crippen LogP contribution in [-0.2, 0) is 12.8 Å². The maximum absolute atomic E-state index is 13.8. The van der Waals surface area contributed by atoms with Crippen LogP contribution in [0, 0.1) is 17.3 Å². The van der Waals surface area contributed by atoms with Gasteiger partial charge in [0.1, 0.15) is 5.82 Å². The van der Waals surface area contributed by atoms with Crippen molar-refractivity contribution in [3.8, 4) is 6.19 Å². The second kappa shape index (κ2) is 7.88. The Bertz CT molecular complexity index is 809. The smallest absolute Gasteiger partial charge is 0.179 e. The number of fused-ring (bicyclic) bond motifs is 2. The highest BCUT2D eigenvalue weighted by Crippen LogP contribution is 2.35. The van der Waals surface area contributed by atoms with E-state index in [1.807, 2.05) is 27.2 Å². The van der Waals surface area contributed by atoms with Crippen LogP contribution in [0.1, 0.15) is 34.6 Å². The minimum absolute atomic E-state index is 0.128. The summed E-state index contributed by atoms with van der Waals surface area (Å²) >= 11 is 0. The molecule has 3 nitrogen and oxygen atoms in total. The lowest BCUT2D eigenvalue weighted by Gasteiger charge is -2.30. The van der Waals surface area contributed by atoms with Gasteiger partial charge in [0.15, 0.2) is 6.19 Å². The van der Waals surface area contributed by atoms with Gasteiger partial charge in [-0.15, -0.1) is 0 Å². The Morgan fingerprint density at radius 1 is 1.12 bits per heavy atom. The van der Waals surface area contributed by atoms with Gasteiger partial charge in [-0.05, 0) is 73.7 Å². The fraction of sp³-hybridized carbons (Fsp3) is 0.409. The second-order valence-electron chi connectivity index (χ2n) is 7.55. The molecule has 0 bridgehead atoms. The molecule has 136 valence electrons. The van der Waals surface area contributed by atoms with Gasteiger partial charge in [0.05, 0.1) is 6.04 Å². The lowest BCUT2D eigenvalue weighted by atomic mass is 9.86. The van der Waals surface area contributed by atoms with E-state index in [-0.39, 0.29) is 17.8 Å². The standard InChI is InChI=1S/C22H26FN3/c1-25(2)14-21(26(3)15-24)13-19-11-18-12-20(23)9-8-16(18)10-17-6-4-5-7-22(17)19/h4-9,12,19,21H,10-11,13-14H2,1-3H3/t19-,21-/m1/s1. The van der Waals surface area contributed by atoms with Gasteiger partial charge in [0.25, 0.3) is 0 Å². The molecule has 0 radical (unpaired) electrons. The Morgan fingerprint density at radius 2 is 1.88 bits per heavy atom. The maximum atomic E-state index is 13.8. The van der Waals surface area contributed by atoms with Gasteiger partial charge >= 0.3 is 0 Å². The van der Waals surface area contributed by atoms with E-state index < -0.39 is 0 Å². The van der Waals surface area contributed by atoms with Gasteiger partial charge in [-0.25, -0.2) is 4.39 Å². The fourth-order valence-electron chi connectivity index (χ4n) is 4.03. The first kappa shape index (κ1) is 18.4. The molecule has 0 saturated heterocycles. The zero-order valence-corrected chi connectivity index (χ0v) is 15.7. The molecule has 0 N–H and O–H groups in total. The van der Waals surface area contributed by atoms with Crippen LogP contribution in [-0.4, -0.2) is 43.5 Å². The molecule has 3 rings (SSSR count). The van der Waals surface area contributed by atoms with Gasteiger partial charge in [0.2, 0.25) is 0 Å². The number of nitriles is 1. The van der Waals surface area contributed by atoms with E-state index in [2.05, 4.69) is 35.4 Å². The van der Waals surface area contributed by atoms with Crippen molar-refractivity contribution in [3.05, 3.63) is 70.5 Å².